The molecule has 3 heteroatoms. The molecule has 0 radical (unpaired) electrons. The van der Waals surface area contributed by atoms with Gasteiger partial charge in [0.2, 0.25) is 0 Å². The van der Waals surface area contributed by atoms with E-state index in [0.717, 1.165) is 77.2 Å². The zero-order valence-corrected chi connectivity index (χ0v) is 30.3. The maximum Gasteiger partial charge on any atom is 0.143 e. The predicted molar refractivity (Wildman–Crippen MR) is 235 cm³/mol. The van der Waals surface area contributed by atoms with Gasteiger partial charge < -0.3 is 8.98 Å². The fraction of sp³-hybridized carbons (Fsp3) is 0. The van der Waals surface area contributed by atoms with Crippen LogP contribution >= 0.6 is 0 Å². The van der Waals surface area contributed by atoms with Crippen LogP contribution in [0.5, 0.6) is 0 Å². The smallest absolute Gasteiger partial charge is 0.143 e. The largest absolute Gasteiger partial charge is 0.455 e. The first-order valence-corrected chi connectivity index (χ1v) is 19.1. The Morgan fingerprint density at radius 2 is 1.05 bits per heavy atom. The van der Waals surface area contributed by atoms with Gasteiger partial charge in [-0.1, -0.05) is 140 Å². The second-order valence-corrected chi connectivity index (χ2v) is 14.7. The molecule has 3 nitrogen and oxygen atoms in total. The number of rotatable bonds is 4. The molecule has 0 saturated carbocycles. The van der Waals surface area contributed by atoms with Crippen molar-refractivity contribution in [2.24, 2.45) is 0 Å². The molecule has 0 atom stereocenters. The fourth-order valence-corrected chi connectivity index (χ4v) is 8.97. The van der Waals surface area contributed by atoms with Crippen molar-refractivity contribution in [1.82, 2.24) is 9.55 Å². The van der Waals surface area contributed by atoms with Gasteiger partial charge >= 0.3 is 0 Å². The Kier molecular flexibility index (Phi) is 6.63. The molecular weight excluding hydrogens is 681 g/mol. The van der Waals surface area contributed by atoms with Gasteiger partial charge in [0, 0.05) is 38.2 Å². The Labute approximate surface area is 322 Å². The first-order valence-electron chi connectivity index (χ1n) is 19.1. The van der Waals surface area contributed by atoms with Gasteiger partial charge in [-0.15, -0.1) is 0 Å². The van der Waals surface area contributed by atoms with Crippen LogP contribution < -0.4 is 0 Å². The number of furan rings is 1. The Morgan fingerprint density at radius 1 is 0.393 bits per heavy atom. The summed E-state index contributed by atoms with van der Waals surface area (Å²) in [5.74, 6) is 0. The number of hydrogen-bond donors (Lipinski definition) is 0. The van der Waals surface area contributed by atoms with Crippen molar-refractivity contribution in [2.45, 2.75) is 0 Å². The maximum absolute atomic E-state index is 6.67. The van der Waals surface area contributed by atoms with Gasteiger partial charge in [-0.25, -0.2) is 4.98 Å². The fourth-order valence-electron chi connectivity index (χ4n) is 8.97. The molecule has 260 valence electrons. The van der Waals surface area contributed by atoms with Gasteiger partial charge in [0.25, 0.3) is 0 Å². The number of benzene rings is 9. The summed E-state index contributed by atoms with van der Waals surface area (Å²) in [4.78, 5) is 5.55. The molecule has 9 aromatic carbocycles. The standard InChI is InChI=1S/C53H32N2O/c1-2-17-38(18-3-1)55-48-23-9-8-21-42(48)43-26-25-36(31-49(43)55)35-15-10-16-37(30-35)47-32-46(41-22-11-14-33-12-4-6-19-39(33)41)44-28-29-50-51(52(44)54-47)45-27-24-34-13-5-7-20-40(34)53(45)56-50/h1-32H. The number of nitrogens with zero attached hydrogens (tertiary/aromatic N) is 2. The van der Waals surface area contributed by atoms with Gasteiger partial charge in [-0.2, -0.15) is 0 Å². The first kappa shape index (κ1) is 30.9. The van der Waals surface area contributed by atoms with E-state index in [1.807, 2.05) is 0 Å². The summed E-state index contributed by atoms with van der Waals surface area (Å²) < 4.78 is 9.05. The molecule has 0 saturated heterocycles. The van der Waals surface area contributed by atoms with Crippen LogP contribution in [0.3, 0.4) is 0 Å². The van der Waals surface area contributed by atoms with Crippen LogP contribution in [0.15, 0.2) is 199 Å². The second-order valence-electron chi connectivity index (χ2n) is 14.7. The molecule has 0 fully saturated rings. The van der Waals surface area contributed by atoms with Crippen LogP contribution in [0.25, 0.3) is 115 Å². The quantitative estimate of drug-likeness (QED) is 0.182. The summed E-state index contributed by atoms with van der Waals surface area (Å²) in [5.41, 5.74) is 12.8. The Morgan fingerprint density at radius 3 is 1.95 bits per heavy atom. The molecular formula is C53H32N2O. The molecule has 0 spiro atoms. The van der Waals surface area contributed by atoms with Crippen molar-refractivity contribution in [2.75, 3.05) is 0 Å². The van der Waals surface area contributed by atoms with E-state index >= 15 is 0 Å². The highest BCUT2D eigenvalue weighted by Gasteiger charge is 2.19. The molecule has 0 aliphatic rings. The number of fused-ring (bicyclic) bond motifs is 11. The molecule has 12 aromatic rings. The molecule has 56 heavy (non-hydrogen) atoms. The Bertz CT molecular complexity index is 3530. The van der Waals surface area contributed by atoms with Crippen molar-refractivity contribution in [3.8, 4) is 39.2 Å². The van der Waals surface area contributed by atoms with E-state index in [2.05, 4.69) is 199 Å². The zero-order chi connectivity index (χ0) is 36.7. The Balaban J connectivity index is 1.11. The third-order valence-electron chi connectivity index (χ3n) is 11.6. The number of hydrogen-bond acceptors (Lipinski definition) is 2. The molecule has 0 amide bonds. The molecule has 0 N–H and O–H groups in total. The van der Waals surface area contributed by atoms with E-state index in [9.17, 15) is 0 Å². The van der Waals surface area contributed by atoms with Crippen molar-refractivity contribution in [3.05, 3.63) is 194 Å². The average Bonchev–Trinajstić information content (AvgIpc) is 3.82. The minimum atomic E-state index is 0.841. The summed E-state index contributed by atoms with van der Waals surface area (Å²) in [6, 6.07) is 69.7. The molecule has 12 rings (SSSR count). The average molecular weight is 713 g/mol. The van der Waals surface area contributed by atoms with E-state index in [0.29, 0.717) is 0 Å². The third-order valence-corrected chi connectivity index (χ3v) is 11.6. The van der Waals surface area contributed by atoms with E-state index in [1.54, 1.807) is 0 Å². The lowest BCUT2D eigenvalue weighted by atomic mass is 9.92. The Hall–Kier alpha value is -7.49. The predicted octanol–water partition coefficient (Wildman–Crippen LogP) is 14.5. The van der Waals surface area contributed by atoms with Gasteiger partial charge in [0.05, 0.1) is 27.6 Å². The summed E-state index contributed by atoms with van der Waals surface area (Å²) in [5, 5.41) is 10.4. The van der Waals surface area contributed by atoms with Gasteiger partial charge in [0.1, 0.15) is 11.2 Å². The normalized spacial score (nSPS) is 11.9. The van der Waals surface area contributed by atoms with Gasteiger partial charge in [-0.05, 0) is 93.0 Å². The lowest BCUT2D eigenvalue weighted by Crippen LogP contribution is -1.93. The monoisotopic (exact) mass is 712 g/mol. The number of pyridine rings is 1. The molecule has 0 unspecified atom stereocenters. The molecule has 0 aliphatic heterocycles. The topological polar surface area (TPSA) is 31.0 Å². The molecule has 0 aliphatic carbocycles. The minimum absolute atomic E-state index is 0.841. The molecule has 3 heterocycles. The van der Waals surface area contributed by atoms with E-state index in [4.69, 9.17) is 9.40 Å². The van der Waals surface area contributed by atoms with Crippen molar-refractivity contribution in [1.29, 1.82) is 0 Å². The van der Waals surface area contributed by atoms with Crippen molar-refractivity contribution in [3.63, 3.8) is 0 Å². The number of aromatic nitrogens is 2. The molecule has 3 aromatic heterocycles. The van der Waals surface area contributed by atoms with Gasteiger partial charge in [0.15, 0.2) is 0 Å². The second kappa shape index (κ2) is 12.0. The summed E-state index contributed by atoms with van der Waals surface area (Å²) in [6.07, 6.45) is 0. The van der Waals surface area contributed by atoms with Crippen molar-refractivity contribution >= 4 is 76.2 Å². The highest BCUT2D eigenvalue weighted by atomic mass is 16.3. The van der Waals surface area contributed by atoms with Crippen molar-refractivity contribution < 1.29 is 4.42 Å². The van der Waals surface area contributed by atoms with Crippen LogP contribution in [0.1, 0.15) is 0 Å². The SMILES string of the molecule is c1ccc(-n2c3ccccc3c3ccc(-c4cccc(-c5cc(-c6cccc7ccccc67)c6ccc7oc8c9ccccc9ccc8c7c6n5)c4)cc32)cc1. The first-order chi connectivity index (χ1) is 27.8. The van der Waals surface area contributed by atoms with Crippen LogP contribution in [0.2, 0.25) is 0 Å². The summed E-state index contributed by atoms with van der Waals surface area (Å²) in [7, 11) is 0. The summed E-state index contributed by atoms with van der Waals surface area (Å²) >= 11 is 0. The lowest BCUT2D eigenvalue weighted by Gasteiger charge is -2.14. The van der Waals surface area contributed by atoms with E-state index < -0.39 is 0 Å². The lowest BCUT2D eigenvalue weighted by molar-refractivity contribution is 0.673. The highest BCUT2D eigenvalue weighted by molar-refractivity contribution is 6.24. The number of para-hydroxylation sites is 2. The van der Waals surface area contributed by atoms with Crippen LogP contribution in [0.4, 0.5) is 0 Å². The third kappa shape index (κ3) is 4.61. The van der Waals surface area contributed by atoms with E-state index in [1.165, 1.54) is 38.1 Å². The van der Waals surface area contributed by atoms with Crippen LogP contribution in [-0.2, 0) is 0 Å². The zero-order valence-electron chi connectivity index (χ0n) is 30.3. The highest BCUT2D eigenvalue weighted by Crippen LogP contribution is 2.43. The van der Waals surface area contributed by atoms with Gasteiger partial charge in [-0.3, -0.25) is 0 Å². The maximum atomic E-state index is 6.67. The minimum Gasteiger partial charge on any atom is -0.455 e. The van der Waals surface area contributed by atoms with Crippen LogP contribution in [-0.4, -0.2) is 9.55 Å². The van der Waals surface area contributed by atoms with E-state index in [-0.39, 0.29) is 0 Å². The molecule has 0 bridgehead atoms. The summed E-state index contributed by atoms with van der Waals surface area (Å²) in [6.45, 7) is 0. The van der Waals surface area contributed by atoms with Crippen LogP contribution in [0, 0.1) is 0 Å².